The summed E-state index contributed by atoms with van der Waals surface area (Å²) in [5.74, 6) is 1.11. The second kappa shape index (κ2) is 10.4. The fourth-order valence-electron chi connectivity index (χ4n) is 3.73. The Bertz CT molecular complexity index is 1170. The number of amides is 1. The van der Waals surface area contributed by atoms with Crippen LogP contribution in [0.2, 0.25) is 0 Å². The van der Waals surface area contributed by atoms with E-state index < -0.39 is 10.0 Å². The molecule has 1 heterocycles. The van der Waals surface area contributed by atoms with Crippen molar-refractivity contribution in [3.05, 3.63) is 78.9 Å². The Morgan fingerprint density at radius 2 is 1.52 bits per heavy atom. The minimum absolute atomic E-state index is 0.0897. The van der Waals surface area contributed by atoms with Crippen molar-refractivity contribution >= 4 is 33.4 Å². The number of rotatable bonds is 7. The van der Waals surface area contributed by atoms with Crippen molar-refractivity contribution in [2.24, 2.45) is 5.92 Å². The second-order valence-electron chi connectivity index (χ2n) is 7.78. The number of piperidine rings is 1. The van der Waals surface area contributed by atoms with Gasteiger partial charge in [-0.15, -0.1) is 11.8 Å². The van der Waals surface area contributed by atoms with Crippen LogP contribution in [0.25, 0.3) is 0 Å². The zero-order chi connectivity index (χ0) is 23.3. The van der Waals surface area contributed by atoms with Crippen molar-refractivity contribution in [2.75, 3.05) is 24.7 Å². The van der Waals surface area contributed by atoms with Gasteiger partial charge in [-0.25, -0.2) is 8.42 Å². The molecule has 0 aliphatic carbocycles. The standard InChI is InChI=1S/C25H26N2O4S2/c1-32-23-11-13-24(14-12-23)33(29,30)27-17-15-19(16-18-27)25(28)26-20-7-9-22(10-8-20)31-21-5-3-2-4-6-21/h2-14,19H,15-18H2,1H3,(H,26,28). The first-order valence-electron chi connectivity index (χ1n) is 10.7. The largest absolute Gasteiger partial charge is 0.457 e. The molecule has 4 rings (SSSR count). The molecule has 1 fully saturated rings. The van der Waals surface area contributed by atoms with Crippen LogP contribution in [-0.2, 0) is 14.8 Å². The summed E-state index contributed by atoms with van der Waals surface area (Å²) in [4.78, 5) is 14.0. The molecule has 0 unspecified atom stereocenters. The first kappa shape index (κ1) is 23.4. The molecule has 33 heavy (non-hydrogen) atoms. The van der Waals surface area contributed by atoms with E-state index in [0.717, 1.165) is 10.6 Å². The Morgan fingerprint density at radius 3 is 2.12 bits per heavy atom. The van der Waals surface area contributed by atoms with Crippen LogP contribution in [0.4, 0.5) is 5.69 Å². The molecule has 0 atom stereocenters. The highest BCUT2D eigenvalue weighted by atomic mass is 32.2. The average molecular weight is 483 g/mol. The molecule has 172 valence electrons. The third-order valence-electron chi connectivity index (χ3n) is 5.62. The maximum absolute atomic E-state index is 12.9. The Labute approximate surface area is 199 Å². The number of para-hydroxylation sites is 1. The number of sulfonamides is 1. The molecule has 1 aliphatic rings. The highest BCUT2D eigenvalue weighted by Crippen LogP contribution is 2.27. The van der Waals surface area contributed by atoms with Gasteiger partial charge in [0.05, 0.1) is 4.90 Å². The normalized spacial score (nSPS) is 15.2. The van der Waals surface area contributed by atoms with Gasteiger partial charge in [-0.3, -0.25) is 4.79 Å². The predicted octanol–water partition coefficient (Wildman–Crippen LogP) is 5.24. The van der Waals surface area contributed by atoms with Gasteiger partial charge in [0, 0.05) is 29.6 Å². The lowest BCUT2D eigenvalue weighted by molar-refractivity contribution is -0.120. The summed E-state index contributed by atoms with van der Waals surface area (Å²) < 4.78 is 33.1. The van der Waals surface area contributed by atoms with Gasteiger partial charge in [0.2, 0.25) is 15.9 Å². The molecule has 1 saturated heterocycles. The lowest BCUT2D eigenvalue weighted by Crippen LogP contribution is -2.41. The summed E-state index contributed by atoms with van der Waals surface area (Å²) in [5.41, 5.74) is 0.685. The van der Waals surface area contributed by atoms with E-state index in [1.807, 2.05) is 48.7 Å². The monoisotopic (exact) mass is 482 g/mol. The topological polar surface area (TPSA) is 75.7 Å². The number of carbonyl (C=O) groups is 1. The molecule has 0 spiro atoms. The Balaban J connectivity index is 1.31. The molecule has 0 aromatic heterocycles. The number of hydrogen-bond donors (Lipinski definition) is 1. The van der Waals surface area contributed by atoms with E-state index in [9.17, 15) is 13.2 Å². The summed E-state index contributed by atoms with van der Waals surface area (Å²) in [6.45, 7) is 0.656. The third-order valence-corrected chi connectivity index (χ3v) is 8.28. The van der Waals surface area contributed by atoms with Gasteiger partial charge in [0.15, 0.2) is 0 Å². The van der Waals surface area contributed by atoms with Crippen LogP contribution >= 0.6 is 11.8 Å². The van der Waals surface area contributed by atoms with Crippen LogP contribution in [0.3, 0.4) is 0 Å². The van der Waals surface area contributed by atoms with Crippen molar-refractivity contribution < 1.29 is 17.9 Å². The lowest BCUT2D eigenvalue weighted by Gasteiger charge is -2.30. The highest BCUT2D eigenvalue weighted by molar-refractivity contribution is 7.98. The number of nitrogens with one attached hydrogen (secondary N) is 1. The fraction of sp³-hybridized carbons (Fsp3) is 0.240. The van der Waals surface area contributed by atoms with Crippen LogP contribution in [0, 0.1) is 5.92 Å². The molecule has 6 nitrogen and oxygen atoms in total. The number of benzene rings is 3. The molecule has 1 N–H and O–H groups in total. The maximum atomic E-state index is 12.9. The van der Waals surface area contributed by atoms with Crippen LogP contribution in [0.15, 0.2) is 88.7 Å². The van der Waals surface area contributed by atoms with E-state index in [4.69, 9.17) is 4.74 Å². The summed E-state index contributed by atoms with van der Waals surface area (Å²) in [6, 6.07) is 23.6. The molecular weight excluding hydrogens is 456 g/mol. The predicted molar refractivity (Wildman–Crippen MR) is 131 cm³/mol. The van der Waals surface area contributed by atoms with E-state index >= 15 is 0 Å². The molecule has 8 heteroatoms. The van der Waals surface area contributed by atoms with Gasteiger partial charge in [0.1, 0.15) is 11.5 Å². The summed E-state index contributed by atoms with van der Waals surface area (Å²) in [7, 11) is -3.55. The number of ether oxygens (including phenoxy) is 1. The van der Waals surface area contributed by atoms with E-state index in [1.165, 1.54) is 4.31 Å². The first-order chi connectivity index (χ1) is 16.0. The SMILES string of the molecule is CSc1ccc(S(=O)(=O)N2CCC(C(=O)Nc3ccc(Oc4ccccc4)cc3)CC2)cc1. The van der Waals surface area contributed by atoms with Crippen molar-refractivity contribution in [3.63, 3.8) is 0 Å². The van der Waals surface area contributed by atoms with Gasteiger partial charge in [-0.05, 0) is 79.8 Å². The van der Waals surface area contributed by atoms with E-state index in [1.54, 1.807) is 48.2 Å². The lowest BCUT2D eigenvalue weighted by atomic mass is 9.97. The van der Waals surface area contributed by atoms with E-state index in [-0.39, 0.29) is 11.8 Å². The van der Waals surface area contributed by atoms with E-state index in [2.05, 4.69) is 5.32 Å². The minimum Gasteiger partial charge on any atom is -0.457 e. The van der Waals surface area contributed by atoms with E-state index in [0.29, 0.717) is 42.3 Å². The van der Waals surface area contributed by atoms with Crippen LogP contribution in [0.1, 0.15) is 12.8 Å². The van der Waals surface area contributed by atoms with Gasteiger partial charge in [0.25, 0.3) is 0 Å². The molecule has 1 aliphatic heterocycles. The van der Waals surface area contributed by atoms with Crippen molar-refractivity contribution in [1.82, 2.24) is 4.31 Å². The second-order valence-corrected chi connectivity index (χ2v) is 10.6. The minimum atomic E-state index is -3.55. The molecule has 3 aromatic carbocycles. The molecule has 0 radical (unpaired) electrons. The zero-order valence-corrected chi connectivity index (χ0v) is 19.9. The van der Waals surface area contributed by atoms with Gasteiger partial charge >= 0.3 is 0 Å². The first-order valence-corrected chi connectivity index (χ1v) is 13.4. The number of hydrogen-bond acceptors (Lipinski definition) is 5. The van der Waals surface area contributed by atoms with Crippen molar-refractivity contribution in [2.45, 2.75) is 22.6 Å². The Morgan fingerprint density at radius 1 is 0.909 bits per heavy atom. The average Bonchev–Trinajstić information content (AvgIpc) is 2.86. The zero-order valence-electron chi connectivity index (χ0n) is 18.3. The van der Waals surface area contributed by atoms with Gasteiger partial charge < -0.3 is 10.1 Å². The summed E-state index contributed by atoms with van der Waals surface area (Å²) >= 11 is 1.57. The maximum Gasteiger partial charge on any atom is 0.243 e. The van der Waals surface area contributed by atoms with Gasteiger partial charge in [-0.1, -0.05) is 18.2 Å². The van der Waals surface area contributed by atoms with Gasteiger partial charge in [-0.2, -0.15) is 4.31 Å². The van der Waals surface area contributed by atoms with Crippen LogP contribution in [0.5, 0.6) is 11.5 Å². The third kappa shape index (κ3) is 5.76. The number of anilines is 1. The number of thioether (sulfide) groups is 1. The van der Waals surface area contributed by atoms with Crippen molar-refractivity contribution in [3.8, 4) is 11.5 Å². The molecule has 1 amide bonds. The Hall–Kier alpha value is -2.81. The number of carbonyl (C=O) groups excluding carboxylic acids is 1. The van der Waals surface area contributed by atoms with Crippen LogP contribution in [-0.4, -0.2) is 38.0 Å². The smallest absolute Gasteiger partial charge is 0.243 e. The summed E-state index contributed by atoms with van der Waals surface area (Å²) in [5, 5.41) is 2.94. The molecule has 0 bridgehead atoms. The van der Waals surface area contributed by atoms with Crippen LogP contribution < -0.4 is 10.1 Å². The molecule has 3 aromatic rings. The summed E-state index contributed by atoms with van der Waals surface area (Å²) in [6.07, 6.45) is 2.93. The quantitative estimate of drug-likeness (QED) is 0.466. The Kier molecular flexibility index (Phi) is 7.37. The number of nitrogens with zero attached hydrogens (tertiary/aromatic N) is 1. The molecule has 0 saturated carbocycles. The highest BCUT2D eigenvalue weighted by Gasteiger charge is 2.32. The van der Waals surface area contributed by atoms with Crippen molar-refractivity contribution in [1.29, 1.82) is 0 Å². The molecular formula is C25H26N2O4S2. The fourth-order valence-corrected chi connectivity index (χ4v) is 5.61.